The number of hydrogen-bond donors (Lipinski definition) is 1. The maximum Gasteiger partial charge on any atom is 0.360 e. The lowest BCUT2D eigenvalue weighted by Gasteiger charge is -2.31. The van der Waals surface area contributed by atoms with Gasteiger partial charge in [0.15, 0.2) is 0 Å². The molecule has 1 N–H and O–H groups in total. The van der Waals surface area contributed by atoms with E-state index >= 15 is 0 Å². The predicted octanol–water partition coefficient (Wildman–Crippen LogP) is 4.09. The van der Waals surface area contributed by atoms with Gasteiger partial charge in [-0.25, -0.2) is 8.42 Å². The summed E-state index contributed by atoms with van der Waals surface area (Å²) in [6, 6.07) is 5.98. The SMILES string of the molecule is CCOP(=O)(OCC)C(NS(=O)(=O)c1ccc(C)cc1)P(=O)(OCC)OCC. The fraction of sp³-hybridized carbons (Fsp3) is 0.625. The summed E-state index contributed by atoms with van der Waals surface area (Å²) in [5.74, 6) is 0. The maximum atomic E-state index is 13.4. The largest absolute Gasteiger partial charge is 0.360 e. The van der Waals surface area contributed by atoms with Crippen molar-refractivity contribution in [2.45, 2.75) is 45.0 Å². The minimum Gasteiger partial charge on any atom is -0.307 e. The molecule has 9 nitrogen and oxygen atoms in total. The fourth-order valence-corrected chi connectivity index (χ4v) is 9.42. The van der Waals surface area contributed by atoms with Gasteiger partial charge in [0, 0.05) is 0 Å². The lowest BCUT2D eigenvalue weighted by molar-refractivity contribution is 0.193. The van der Waals surface area contributed by atoms with Gasteiger partial charge in [-0.05, 0) is 46.8 Å². The van der Waals surface area contributed by atoms with Gasteiger partial charge in [0.05, 0.1) is 31.3 Å². The Balaban J connectivity index is 3.50. The summed E-state index contributed by atoms with van der Waals surface area (Å²) in [5.41, 5.74) is -0.995. The third kappa shape index (κ3) is 6.47. The van der Waals surface area contributed by atoms with Crippen molar-refractivity contribution in [3.8, 4) is 0 Å². The van der Waals surface area contributed by atoms with E-state index in [4.69, 9.17) is 18.1 Å². The highest BCUT2D eigenvalue weighted by Gasteiger charge is 2.53. The minimum absolute atomic E-state index is 0.0573. The van der Waals surface area contributed by atoms with Crippen LogP contribution in [0.1, 0.15) is 33.3 Å². The molecule has 12 heteroatoms. The van der Waals surface area contributed by atoms with Gasteiger partial charge >= 0.3 is 15.2 Å². The Morgan fingerprint density at radius 1 is 0.821 bits per heavy atom. The zero-order chi connectivity index (χ0) is 21.4. The second-order valence-electron chi connectivity index (χ2n) is 5.56. The summed E-state index contributed by atoms with van der Waals surface area (Å²) in [6.45, 7) is 7.82. The van der Waals surface area contributed by atoms with E-state index in [2.05, 4.69) is 4.72 Å². The Bertz CT molecular complexity index is 762. The lowest BCUT2D eigenvalue weighted by Crippen LogP contribution is -2.37. The molecule has 0 unspecified atom stereocenters. The molecule has 0 spiro atoms. The Hall–Kier alpha value is -0.570. The van der Waals surface area contributed by atoms with Crippen LogP contribution in [0.5, 0.6) is 0 Å². The first-order valence-electron chi connectivity index (χ1n) is 8.95. The first-order chi connectivity index (χ1) is 13.1. The molecule has 0 radical (unpaired) electrons. The van der Waals surface area contributed by atoms with Crippen molar-refractivity contribution in [2.75, 3.05) is 26.4 Å². The summed E-state index contributed by atoms with van der Waals surface area (Å²) < 4.78 is 75.7. The first kappa shape index (κ1) is 25.5. The molecule has 0 fully saturated rings. The van der Waals surface area contributed by atoms with E-state index in [0.717, 1.165) is 5.56 Å². The molecule has 0 amide bonds. The van der Waals surface area contributed by atoms with Crippen LogP contribution < -0.4 is 4.72 Å². The molecule has 162 valence electrons. The zero-order valence-corrected chi connectivity index (χ0v) is 19.4. The highest BCUT2D eigenvalue weighted by atomic mass is 32.2. The van der Waals surface area contributed by atoms with Crippen molar-refractivity contribution < 1.29 is 35.6 Å². The summed E-state index contributed by atoms with van der Waals surface area (Å²) in [6.07, 6.45) is 0. The standard InChI is InChI=1S/C16H29NO8P2S/c1-6-22-26(18,23-7-2)16(27(19,24-8-3)25-9-4)17-28(20,21)15-12-10-14(5)11-13-15/h10-13,16-17H,6-9H2,1-5H3. The minimum atomic E-state index is -4.24. The molecular formula is C16H29NO8P2S. The van der Waals surface area contributed by atoms with Crippen LogP contribution in [0, 0.1) is 6.92 Å². The van der Waals surface area contributed by atoms with E-state index in [1.807, 2.05) is 6.92 Å². The summed E-state index contributed by atoms with van der Waals surface area (Å²) >= 11 is 0. The third-order valence-electron chi connectivity index (χ3n) is 3.43. The van der Waals surface area contributed by atoms with Crippen molar-refractivity contribution >= 4 is 25.2 Å². The average molecular weight is 457 g/mol. The topological polar surface area (TPSA) is 117 Å². The molecule has 1 aromatic rings. The van der Waals surface area contributed by atoms with Crippen molar-refractivity contribution in [3.63, 3.8) is 0 Å². The molecule has 0 aliphatic heterocycles. The molecule has 1 aromatic carbocycles. The monoisotopic (exact) mass is 457 g/mol. The first-order valence-corrected chi connectivity index (χ1v) is 13.7. The number of rotatable bonds is 13. The lowest BCUT2D eigenvalue weighted by atomic mass is 10.2. The number of sulfonamides is 1. The Morgan fingerprint density at radius 3 is 1.50 bits per heavy atom. The van der Waals surface area contributed by atoms with E-state index < -0.39 is 30.7 Å². The van der Waals surface area contributed by atoms with Crippen LogP contribution in [0.3, 0.4) is 0 Å². The van der Waals surface area contributed by atoms with Crippen molar-refractivity contribution in [2.24, 2.45) is 0 Å². The Labute approximate surface area is 167 Å². The van der Waals surface area contributed by atoms with Crippen molar-refractivity contribution in [1.29, 1.82) is 0 Å². The number of nitrogens with one attached hydrogen (secondary N) is 1. The Morgan fingerprint density at radius 2 is 1.18 bits per heavy atom. The second kappa shape index (κ2) is 11.0. The van der Waals surface area contributed by atoms with Gasteiger partial charge in [-0.2, -0.15) is 4.72 Å². The number of hydrogen-bond acceptors (Lipinski definition) is 8. The zero-order valence-electron chi connectivity index (χ0n) is 16.8. The van der Waals surface area contributed by atoms with Crippen LogP contribution in [0.2, 0.25) is 0 Å². The molecule has 0 aliphatic carbocycles. The normalized spacial score (nSPS) is 13.2. The van der Waals surface area contributed by atoms with Crippen LogP contribution in [0.15, 0.2) is 29.2 Å². The smallest absolute Gasteiger partial charge is 0.307 e. The van der Waals surface area contributed by atoms with E-state index in [-0.39, 0.29) is 31.3 Å². The molecule has 0 saturated carbocycles. The van der Waals surface area contributed by atoms with Gasteiger partial charge in [0.25, 0.3) is 0 Å². The van der Waals surface area contributed by atoms with E-state index in [9.17, 15) is 17.5 Å². The predicted molar refractivity (Wildman–Crippen MR) is 107 cm³/mol. The molecule has 0 saturated heterocycles. The van der Waals surface area contributed by atoms with Crippen molar-refractivity contribution in [3.05, 3.63) is 29.8 Å². The molecule has 0 bridgehead atoms. The molecule has 28 heavy (non-hydrogen) atoms. The molecule has 0 atom stereocenters. The van der Waals surface area contributed by atoms with Gasteiger partial charge in [-0.3, -0.25) is 9.13 Å². The quantitative estimate of drug-likeness (QED) is 0.440. The van der Waals surface area contributed by atoms with Crippen LogP contribution in [-0.2, 0) is 37.2 Å². The van der Waals surface area contributed by atoms with Crippen LogP contribution in [-0.4, -0.2) is 40.4 Å². The van der Waals surface area contributed by atoms with Crippen LogP contribution in [0.4, 0.5) is 0 Å². The highest BCUT2D eigenvalue weighted by Crippen LogP contribution is 2.69. The van der Waals surface area contributed by atoms with Gasteiger partial charge < -0.3 is 18.1 Å². The maximum absolute atomic E-state index is 13.4. The second-order valence-corrected chi connectivity index (χ2v) is 11.9. The molecule has 1 rings (SSSR count). The number of aryl methyl sites for hydroxylation is 1. The molecule has 0 heterocycles. The molecular weight excluding hydrogens is 428 g/mol. The molecule has 0 aromatic heterocycles. The summed E-state index contributed by atoms with van der Waals surface area (Å²) in [5, 5.41) is 0. The fourth-order valence-electron chi connectivity index (χ4n) is 2.30. The van der Waals surface area contributed by atoms with Crippen molar-refractivity contribution in [1.82, 2.24) is 4.72 Å². The third-order valence-corrected chi connectivity index (χ3v) is 10.8. The van der Waals surface area contributed by atoms with Gasteiger partial charge in [0.2, 0.25) is 15.5 Å². The van der Waals surface area contributed by atoms with Gasteiger partial charge in [-0.15, -0.1) is 0 Å². The van der Waals surface area contributed by atoms with Gasteiger partial charge in [0.1, 0.15) is 0 Å². The van der Waals surface area contributed by atoms with E-state index in [0.29, 0.717) is 0 Å². The van der Waals surface area contributed by atoms with Gasteiger partial charge in [-0.1, -0.05) is 17.7 Å². The summed E-state index contributed by atoms with van der Waals surface area (Å²) in [4.78, 5) is -0.0952. The Kier molecular flexibility index (Phi) is 10.00. The average Bonchev–Trinajstić information content (AvgIpc) is 2.61. The van der Waals surface area contributed by atoms with E-state index in [1.54, 1.807) is 39.8 Å². The summed E-state index contributed by atoms with van der Waals surface area (Å²) in [7, 11) is -12.7. The van der Waals surface area contributed by atoms with E-state index in [1.165, 1.54) is 12.1 Å². The highest BCUT2D eigenvalue weighted by molar-refractivity contribution is 7.90. The van der Waals surface area contributed by atoms with Crippen LogP contribution >= 0.6 is 15.2 Å². The molecule has 0 aliphatic rings. The number of benzene rings is 1. The van der Waals surface area contributed by atoms with Crippen LogP contribution in [0.25, 0.3) is 0 Å².